The number of fused-ring (bicyclic) bond motifs is 1. The molecule has 2 aromatic heterocycles. The van der Waals surface area contributed by atoms with Gasteiger partial charge in [-0.3, -0.25) is 4.79 Å². The van der Waals surface area contributed by atoms with Crippen LogP contribution in [0.5, 0.6) is 0 Å². The molecule has 0 aliphatic rings. The highest BCUT2D eigenvalue weighted by molar-refractivity contribution is 5.97. The number of carbonyl (C=O) groups is 2. The van der Waals surface area contributed by atoms with Gasteiger partial charge < -0.3 is 9.64 Å². The first-order chi connectivity index (χ1) is 15.2. The predicted molar refractivity (Wildman–Crippen MR) is 116 cm³/mol. The van der Waals surface area contributed by atoms with Crippen molar-refractivity contribution < 1.29 is 14.3 Å². The molecule has 0 aliphatic heterocycles. The number of ether oxygens (including phenoxy) is 1. The zero-order chi connectivity index (χ0) is 21.6. The molecule has 0 saturated carbocycles. The smallest absolute Gasteiger partial charge is 0.344 e. The predicted octanol–water partition coefficient (Wildman–Crippen LogP) is 3.60. The lowest BCUT2D eigenvalue weighted by atomic mass is 10.1. The molecule has 4 rings (SSSR count). The molecule has 0 N–H and O–H groups in total. The number of hydrogen-bond acceptors (Lipinski definition) is 5. The summed E-state index contributed by atoms with van der Waals surface area (Å²) in [6.45, 7) is 2.54. The first kappa shape index (κ1) is 20.3. The summed E-state index contributed by atoms with van der Waals surface area (Å²) in [4.78, 5) is 31.2. The minimum absolute atomic E-state index is 0.219. The fourth-order valence-corrected chi connectivity index (χ4v) is 3.34. The van der Waals surface area contributed by atoms with E-state index in [1.165, 1.54) is 6.20 Å². The summed E-state index contributed by atoms with van der Waals surface area (Å²) < 4.78 is 6.90. The van der Waals surface area contributed by atoms with E-state index >= 15 is 0 Å². The second-order valence-corrected chi connectivity index (χ2v) is 6.96. The van der Waals surface area contributed by atoms with Crippen molar-refractivity contribution in [1.29, 1.82) is 0 Å². The maximum Gasteiger partial charge on any atom is 0.344 e. The molecule has 156 valence electrons. The van der Waals surface area contributed by atoms with Crippen LogP contribution in [0.25, 0.3) is 16.9 Å². The van der Waals surface area contributed by atoms with Crippen LogP contribution >= 0.6 is 0 Å². The number of likely N-dealkylation sites (N-methyl/N-ethyl adjacent to an activating group) is 1. The molecule has 1 amide bonds. The van der Waals surface area contributed by atoms with Crippen LogP contribution in [0.4, 0.5) is 0 Å². The SMILES string of the molecule is CCN(Cc1ccccc1)C(=O)COC(=O)c1cnn2c(-c3ccccc3)ccnc12. The normalized spacial score (nSPS) is 10.7. The van der Waals surface area contributed by atoms with Crippen molar-refractivity contribution in [2.75, 3.05) is 13.2 Å². The first-order valence-corrected chi connectivity index (χ1v) is 10.0. The van der Waals surface area contributed by atoms with Gasteiger partial charge in [-0.25, -0.2) is 14.3 Å². The van der Waals surface area contributed by atoms with Crippen LogP contribution in [0.3, 0.4) is 0 Å². The Balaban J connectivity index is 1.47. The molecule has 0 aliphatic carbocycles. The minimum atomic E-state index is -0.628. The maximum atomic E-state index is 12.7. The Hall–Kier alpha value is -4.00. The number of benzene rings is 2. The van der Waals surface area contributed by atoms with Gasteiger partial charge in [0, 0.05) is 24.8 Å². The molecule has 0 fully saturated rings. The lowest BCUT2D eigenvalue weighted by Gasteiger charge is -2.20. The van der Waals surface area contributed by atoms with Crippen LogP contribution in [0.1, 0.15) is 22.8 Å². The number of hydrogen-bond donors (Lipinski definition) is 0. The Morgan fingerprint density at radius 1 is 1.00 bits per heavy atom. The molecule has 0 atom stereocenters. The average Bonchev–Trinajstić information content (AvgIpc) is 3.26. The van der Waals surface area contributed by atoms with Crippen LogP contribution in [0.15, 0.2) is 79.1 Å². The third kappa shape index (κ3) is 4.45. The zero-order valence-electron chi connectivity index (χ0n) is 17.1. The van der Waals surface area contributed by atoms with Gasteiger partial charge in [-0.1, -0.05) is 60.7 Å². The van der Waals surface area contributed by atoms with E-state index in [1.807, 2.05) is 73.7 Å². The second kappa shape index (κ2) is 9.21. The second-order valence-electron chi connectivity index (χ2n) is 6.96. The van der Waals surface area contributed by atoms with Gasteiger partial charge in [0.25, 0.3) is 5.91 Å². The summed E-state index contributed by atoms with van der Waals surface area (Å²) in [6, 6.07) is 21.2. The molecule has 0 saturated heterocycles. The standard InChI is InChI=1S/C24H22N4O3/c1-2-27(16-18-9-5-3-6-10-18)22(29)17-31-24(30)20-15-26-28-21(13-14-25-23(20)28)19-11-7-4-8-12-19/h3-15H,2,16-17H2,1H3. The summed E-state index contributed by atoms with van der Waals surface area (Å²) in [6.07, 6.45) is 3.04. The first-order valence-electron chi connectivity index (χ1n) is 10.0. The zero-order valence-corrected chi connectivity index (χ0v) is 17.1. The van der Waals surface area contributed by atoms with Gasteiger partial charge in [-0.05, 0) is 18.6 Å². The fourth-order valence-electron chi connectivity index (χ4n) is 3.34. The number of amides is 1. The Kier molecular flexibility index (Phi) is 6.03. The lowest BCUT2D eigenvalue weighted by Crippen LogP contribution is -2.34. The van der Waals surface area contributed by atoms with Crippen molar-refractivity contribution in [3.05, 3.63) is 90.3 Å². The number of esters is 1. The molecule has 7 nitrogen and oxygen atoms in total. The molecule has 0 spiro atoms. The highest BCUT2D eigenvalue weighted by Gasteiger charge is 2.20. The van der Waals surface area contributed by atoms with Crippen molar-refractivity contribution in [3.8, 4) is 11.3 Å². The van der Waals surface area contributed by atoms with Crippen molar-refractivity contribution in [2.45, 2.75) is 13.5 Å². The third-order valence-electron chi connectivity index (χ3n) is 4.97. The fraction of sp³-hybridized carbons (Fsp3) is 0.167. The molecular weight excluding hydrogens is 392 g/mol. The number of rotatable bonds is 7. The van der Waals surface area contributed by atoms with Gasteiger partial charge in [0.1, 0.15) is 5.56 Å². The highest BCUT2D eigenvalue weighted by Crippen LogP contribution is 2.21. The Morgan fingerprint density at radius 2 is 1.71 bits per heavy atom. The van der Waals surface area contributed by atoms with E-state index in [0.717, 1.165) is 16.8 Å². The highest BCUT2D eigenvalue weighted by atomic mass is 16.5. The van der Waals surface area contributed by atoms with Gasteiger partial charge >= 0.3 is 5.97 Å². The Morgan fingerprint density at radius 3 is 2.42 bits per heavy atom. The topological polar surface area (TPSA) is 76.8 Å². The van der Waals surface area contributed by atoms with Crippen LogP contribution < -0.4 is 0 Å². The molecule has 0 radical (unpaired) electrons. The van der Waals surface area contributed by atoms with E-state index in [0.29, 0.717) is 18.7 Å². The van der Waals surface area contributed by atoms with Gasteiger partial charge in [0.05, 0.1) is 11.9 Å². The summed E-state index contributed by atoms with van der Waals surface area (Å²) in [5.41, 5.74) is 3.38. The van der Waals surface area contributed by atoms with Crippen LogP contribution in [0, 0.1) is 0 Å². The van der Waals surface area contributed by atoms with E-state index in [9.17, 15) is 9.59 Å². The number of carbonyl (C=O) groups excluding carboxylic acids is 2. The van der Waals surface area contributed by atoms with Crippen molar-refractivity contribution in [2.24, 2.45) is 0 Å². The van der Waals surface area contributed by atoms with E-state index in [2.05, 4.69) is 10.1 Å². The molecule has 4 aromatic rings. The van der Waals surface area contributed by atoms with E-state index < -0.39 is 5.97 Å². The van der Waals surface area contributed by atoms with Crippen molar-refractivity contribution >= 4 is 17.5 Å². The molecule has 0 unspecified atom stereocenters. The van der Waals surface area contributed by atoms with Crippen molar-refractivity contribution in [3.63, 3.8) is 0 Å². The quantitative estimate of drug-likeness (QED) is 0.432. The largest absolute Gasteiger partial charge is 0.452 e. The minimum Gasteiger partial charge on any atom is -0.452 e. The molecule has 2 aromatic carbocycles. The Bertz CT molecular complexity index is 1190. The summed E-state index contributed by atoms with van der Waals surface area (Å²) in [5, 5.41) is 4.31. The van der Waals surface area contributed by atoms with E-state index in [4.69, 9.17) is 4.74 Å². The average molecular weight is 414 g/mol. The lowest BCUT2D eigenvalue weighted by molar-refractivity contribution is -0.134. The number of aromatic nitrogens is 3. The molecule has 7 heteroatoms. The molecule has 2 heterocycles. The summed E-state index contributed by atoms with van der Waals surface area (Å²) >= 11 is 0. The maximum absolute atomic E-state index is 12.7. The monoisotopic (exact) mass is 414 g/mol. The van der Waals surface area contributed by atoms with Gasteiger partial charge in [-0.15, -0.1) is 0 Å². The Labute approximate surface area is 179 Å². The van der Waals surface area contributed by atoms with Crippen LogP contribution in [-0.2, 0) is 16.1 Å². The van der Waals surface area contributed by atoms with Crippen LogP contribution in [-0.4, -0.2) is 44.5 Å². The molecule has 0 bridgehead atoms. The third-order valence-corrected chi connectivity index (χ3v) is 4.97. The van der Waals surface area contributed by atoms with E-state index in [1.54, 1.807) is 15.6 Å². The summed E-state index contributed by atoms with van der Waals surface area (Å²) in [7, 11) is 0. The van der Waals surface area contributed by atoms with Crippen LogP contribution in [0.2, 0.25) is 0 Å². The number of nitrogens with zero attached hydrogens (tertiary/aromatic N) is 4. The van der Waals surface area contributed by atoms with Gasteiger partial charge in [-0.2, -0.15) is 5.10 Å². The van der Waals surface area contributed by atoms with Gasteiger partial charge in [0.15, 0.2) is 12.3 Å². The van der Waals surface area contributed by atoms with Crippen molar-refractivity contribution in [1.82, 2.24) is 19.5 Å². The summed E-state index contributed by atoms with van der Waals surface area (Å²) in [5.74, 6) is -0.883. The molecule has 31 heavy (non-hydrogen) atoms. The van der Waals surface area contributed by atoms with E-state index in [-0.39, 0.29) is 18.1 Å². The molecular formula is C24H22N4O3. The van der Waals surface area contributed by atoms with Gasteiger partial charge in [0.2, 0.25) is 0 Å².